The number of anilines is 1. The molecule has 0 fully saturated rings. The molecule has 24 heavy (non-hydrogen) atoms. The van der Waals surface area contributed by atoms with E-state index in [1.807, 2.05) is 20.8 Å². The van der Waals surface area contributed by atoms with Crippen LogP contribution in [0.5, 0.6) is 0 Å². The van der Waals surface area contributed by atoms with Crippen LogP contribution in [0.25, 0.3) is 0 Å². The molecule has 0 radical (unpaired) electrons. The van der Waals surface area contributed by atoms with Crippen molar-refractivity contribution in [2.75, 3.05) is 16.8 Å². The second-order valence-corrected chi connectivity index (χ2v) is 9.32. The summed E-state index contributed by atoms with van der Waals surface area (Å²) in [5, 5.41) is 5.44. The minimum Gasteiger partial charge on any atom is -0.354 e. The van der Waals surface area contributed by atoms with Gasteiger partial charge in [0.25, 0.3) is 0 Å². The van der Waals surface area contributed by atoms with E-state index in [2.05, 4.69) is 10.6 Å². The molecule has 0 saturated heterocycles. The van der Waals surface area contributed by atoms with E-state index in [-0.39, 0.29) is 40.8 Å². The number of hydrogen-bond donors (Lipinski definition) is 2. The highest BCUT2D eigenvalue weighted by Crippen LogP contribution is 2.34. The van der Waals surface area contributed by atoms with Crippen LogP contribution < -0.4 is 10.6 Å². The standard InChI is InChI=1S/C16H22N2O4S2/c1-10(2)17-15(19)6-7-24(21,22)12-4-5-14-13(8-12)18-16(20)11(3)9-23-14/h4-5,8,10-11H,6-7,9H2,1-3H3,(H,17,19)(H,18,20). The summed E-state index contributed by atoms with van der Waals surface area (Å²) in [6, 6.07) is 4.69. The van der Waals surface area contributed by atoms with Gasteiger partial charge in [-0.25, -0.2) is 8.42 Å². The first-order valence-electron chi connectivity index (χ1n) is 7.79. The molecule has 1 aromatic carbocycles. The van der Waals surface area contributed by atoms with Crippen LogP contribution in [0.3, 0.4) is 0 Å². The SMILES string of the molecule is CC(C)NC(=O)CCS(=O)(=O)c1ccc2c(c1)NC(=O)C(C)CS2. The monoisotopic (exact) mass is 370 g/mol. The van der Waals surface area contributed by atoms with Crippen LogP contribution >= 0.6 is 11.8 Å². The Morgan fingerprint density at radius 1 is 1.42 bits per heavy atom. The minimum absolute atomic E-state index is 0.0260. The van der Waals surface area contributed by atoms with Gasteiger partial charge in [0.05, 0.1) is 16.3 Å². The number of sulfone groups is 1. The first kappa shape index (κ1) is 18.8. The van der Waals surface area contributed by atoms with Crippen molar-refractivity contribution in [2.24, 2.45) is 5.92 Å². The largest absolute Gasteiger partial charge is 0.354 e. The fourth-order valence-corrected chi connectivity index (χ4v) is 4.48. The molecular formula is C16H22N2O4S2. The van der Waals surface area contributed by atoms with Gasteiger partial charge in [-0.2, -0.15) is 0 Å². The molecule has 0 saturated carbocycles. The number of nitrogens with one attached hydrogen (secondary N) is 2. The summed E-state index contributed by atoms with van der Waals surface area (Å²) in [5.41, 5.74) is 0.516. The number of thioether (sulfide) groups is 1. The van der Waals surface area contributed by atoms with Gasteiger partial charge in [-0.3, -0.25) is 9.59 Å². The van der Waals surface area contributed by atoms with E-state index < -0.39 is 9.84 Å². The van der Waals surface area contributed by atoms with Crippen molar-refractivity contribution in [3.05, 3.63) is 18.2 Å². The first-order chi connectivity index (χ1) is 11.2. The predicted octanol–water partition coefficient (Wildman–Crippen LogP) is 2.06. The highest BCUT2D eigenvalue weighted by molar-refractivity contribution is 7.99. The maximum absolute atomic E-state index is 12.4. The van der Waals surface area contributed by atoms with Gasteiger partial charge >= 0.3 is 0 Å². The van der Waals surface area contributed by atoms with Gasteiger partial charge in [0.1, 0.15) is 0 Å². The summed E-state index contributed by atoms with van der Waals surface area (Å²) in [7, 11) is -3.59. The van der Waals surface area contributed by atoms with Crippen molar-refractivity contribution in [3.8, 4) is 0 Å². The van der Waals surface area contributed by atoms with Crippen molar-refractivity contribution in [1.82, 2.24) is 5.32 Å². The van der Waals surface area contributed by atoms with E-state index in [1.165, 1.54) is 23.9 Å². The predicted molar refractivity (Wildman–Crippen MR) is 94.9 cm³/mol. The smallest absolute Gasteiger partial charge is 0.228 e. The van der Waals surface area contributed by atoms with Crippen LogP contribution in [0, 0.1) is 5.92 Å². The number of rotatable bonds is 5. The van der Waals surface area contributed by atoms with E-state index in [0.717, 1.165) is 4.90 Å². The molecule has 0 aromatic heterocycles. The molecule has 2 N–H and O–H groups in total. The highest BCUT2D eigenvalue weighted by Gasteiger charge is 2.23. The average Bonchev–Trinajstić information content (AvgIpc) is 2.63. The molecule has 8 heteroatoms. The lowest BCUT2D eigenvalue weighted by atomic mass is 10.2. The lowest BCUT2D eigenvalue weighted by molar-refractivity contribution is -0.121. The zero-order chi connectivity index (χ0) is 17.9. The number of carbonyl (C=O) groups is 2. The molecule has 0 aliphatic carbocycles. The second kappa shape index (κ2) is 7.57. The van der Waals surface area contributed by atoms with E-state index in [4.69, 9.17) is 0 Å². The third-order valence-corrected chi connectivity index (χ3v) is 6.60. The number of carbonyl (C=O) groups excluding carboxylic acids is 2. The van der Waals surface area contributed by atoms with Gasteiger partial charge in [-0.15, -0.1) is 11.8 Å². The molecule has 1 unspecified atom stereocenters. The average molecular weight is 370 g/mol. The van der Waals surface area contributed by atoms with Gasteiger partial charge < -0.3 is 10.6 Å². The second-order valence-electron chi connectivity index (χ2n) is 6.15. The zero-order valence-corrected chi connectivity index (χ0v) is 15.6. The molecular weight excluding hydrogens is 348 g/mol. The van der Waals surface area contributed by atoms with Crippen molar-refractivity contribution in [3.63, 3.8) is 0 Å². The van der Waals surface area contributed by atoms with Crippen LogP contribution in [-0.2, 0) is 19.4 Å². The van der Waals surface area contributed by atoms with Crippen LogP contribution in [-0.4, -0.2) is 37.8 Å². The van der Waals surface area contributed by atoms with Crippen molar-refractivity contribution < 1.29 is 18.0 Å². The molecule has 1 aliphatic rings. The molecule has 6 nitrogen and oxygen atoms in total. The molecule has 2 amide bonds. The third kappa shape index (κ3) is 4.73. The Bertz CT molecular complexity index is 744. The lowest BCUT2D eigenvalue weighted by Gasteiger charge is -2.11. The van der Waals surface area contributed by atoms with Gasteiger partial charge in [-0.1, -0.05) is 6.92 Å². The van der Waals surface area contributed by atoms with E-state index in [1.54, 1.807) is 6.07 Å². The number of hydrogen-bond acceptors (Lipinski definition) is 5. The lowest BCUT2D eigenvalue weighted by Crippen LogP contribution is -2.31. The van der Waals surface area contributed by atoms with Crippen molar-refractivity contribution in [2.45, 2.75) is 43.0 Å². The zero-order valence-electron chi connectivity index (χ0n) is 14.0. The van der Waals surface area contributed by atoms with Crippen molar-refractivity contribution >= 4 is 39.1 Å². The van der Waals surface area contributed by atoms with E-state index >= 15 is 0 Å². The molecule has 1 atom stereocenters. The van der Waals surface area contributed by atoms with E-state index in [0.29, 0.717) is 11.4 Å². The summed E-state index contributed by atoms with van der Waals surface area (Å²) in [6.45, 7) is 5.47. The number of amides is 2. The summed E-state index contributed by atoms with van der Waals surface area (Å²) >= 11 is 1.52. The van der Waals surface area contributed by atoms with Crippen LogP contribution in [0.15, 0.2) is 28.0 Å². The number of benzene rings is 1. The fraction of sp³-hybridized carbons (Fsp3) is 0.500. The first-order valence-corrected chi connectivity index (χ1v) is 10.4. The maximum atomic E-state index is 12.4. The van der Waals surface area contributed by atoms with E-state index in [9.17, 15) is 18.0 Å². The molecule has 1 heterocycles. The quantitative estimate of drug-likeness (QED) is 0.828. The molecule has 132 valence electrons. The molecule has 2 rings (SSSR count). The molecule has 1 aromatic rings. The van der Waals surface area contributed by atoms with Crippen LogP contribution in [0.2, 0.25) is 0 Å². The fourth-order valence-electron chi connectivity index (χ4n) is 2.21. The molecule has 1 aliphatic heterocycles. The third-order valence-electron chi connectivity index (χ3n) is 3.55. The Kier molecular flexibility index (Phi) is 5.92. The normalized spacial score (nSPS) is 17.8. The highest BCUT2D eigenvalue weighted by atomic mass is 32.2. The topological polar surface area (TPSA) is 92.3 Å². The minimum atomic E-state index is -3.59. The number of fused-ring (bicyclic) bond motifs is 1. The Labute approximate surface area is 146 Å². The Hall–Kier alpha value is -1.54. The maximum Gasteiger partial charge on any atom is 0.228 e. The summed E-state index contributed by atoms with van der Waals surface area (Å²) in [6.07, 6.45) is -0.0876. The van der Waals surface area contributed by atoms with Crippen molar-refractivity contribution in [1.29, 1.82) is 0 Å². The van der Waals surface area contributed by atoms with Gasteiger partial charge in [0.2, 0.25) is 11.8 Å². The van der Waals surface area contributed by atoms with Crippen LogP contribution in [0.1, 0.15) is 27.2 Å². The summed E-state index contributed by atoms with van der Waals surface area (Å²) < 4.78 is 24.9. The Morgan fingerprint density at radius 2 is 2.12 bits per heavy atom. The Balaban J connectivity index is 2.16. The Morgan fingerprint density at radius 3 is 2.79 bits per heavy atom. The van der Waals surface area contributed by atoms with Gasteiger partial charge in [0, 0.05) is 29.0 Å². The summed E-state index contributed by atoms with van der Waals surface area (Å²) in [5.74, 6) is -0.155. The van der Waals surface area contributed by atoms with Gasteiger partial charge in [-0.05, 0) is 32.0 Å². The van der Waals surface area contributed by atoms with Crippen LogP contribution in [0.4, 0.5) is 5.69 Å². The molecule has 0 spiro atoms. The summed E-state index contributed by atoms with van der Waals surface area (Å²) in [4.78, 5) is 24.6. The van der Waals surface area contributed by atoms with Gasteiger partial charge in [0.15, 0.2) is 9.84 Å². The molecule has 0 bridgehead atoms.